The molecule has 0 aliphatic heterocycles. The van der Waals surface area contributed by atoms with Crippen LogP contribution in [0.4, 0.5) is 18.9 Å². The molecule has 0 saturated carbocycles. The molecule has 106 valence electrons. The first-order valence-electron chi connectivity index (χ1n) is 5.73. The minimum absolute atomic E-state index is 0.00310. The molecule has 0 atom stereocenters. The van der Waals surface area contributed by atoms with Gasteiger partial charge >= 0.3 is 6.18 Å². The maximum Gasteiger partial charge on any atom is 0.416 e. The topological polar surface area (TPSA) is 61.0 Å². The number of alkyl halides is 3. The summed E-state index contributed by atoms with van der Waals surface area (Å²) >= 11 is 0. The summed E-state index contributed by atoms with van der Waals surface area (Å²) in [4.78, 5) is 0. The molecule has 1 heterocycles. The molecule has 4 nitrogen and oxygen atoms in total. The van der Waals surface area contributed by atoms with Crippen LogP contribution in [0, 0.1) is 0 Å². The van der Waals surface area contributed by atoms with E-state index in [1.165, 1.54) is 25.3 Å². The third-order valence-electron chi connectivity index (χ3n) is 2.73. The van der Waals surface area contributed by atoms with E-state index < -0.39 is 11.7 Å². The number of aromatic nitrogens is 2. The highest BCUT2D eigenvalue weighted by Crippen LogP contribution is 2.32. The van der Waals surface area contributed by atoms with Crippen molar-refractivity contribution in [2.24, 2.45) is 0 Å². The van der Waals surface area contributed by atoms with Gasteiger partial charge in [0.1, 0.15) is 0 Å². The third-order valence-corrected chi connectivity index (χ3v) is 2.73. The van der Waals surface area contributed by atoms with Crippen molar-refractivity contribution >= 4 is 5.69 Å². The van der Waals surface area contributed by atoms with Crippen molar-refractivity contribution in [1.82, 2.24) is 10.2 Å². The zero-order valence-electron chi connectivity index (χ0n) is 10.6. The molecular weight excluding hydrogens is 271 g/mol. The Morgan fingerprint density at radius 3 is 2.50 bits per heavy atom. The SMILES string of the molecule is COc1nnc(Cc2ccccc2C(F)(F)F)cc1N. The Bertz CT molecular complexity index is 614. The molecule has 2 rings (SSSR count). The summed E-state index contributed by atoms with van der Waals surface area (Å²) in [5.74, 6) is 0.151. The summed E-state index contributed by atoms with van der Waals surface area (Å²) in [6.07, 6.45) is -4.40. The van der Waals surface area contributed by atoms with Crippen LogP contribution in [0.5, 0.6) is 5.88 Å². The van der Waals surface area contributed by atoms with Gasteiger partial charge in [-0.05, 0) is 17.7 Å². The number of benzene rings is 1. The number of nitrogen functional groups attached to an aromatic ring is 1. The molecule has 0 saturated heterocycles. The Morgan fingerprint density at radius 1 is 1.20 bits per heavy atom. The van der Waals surface area contributed by atoms with Crippen LogP contribution in [-0.2, 0) is 12.6 Å². The largest absolute Gasteiger partial charge is 0.478 e. The maximum atomic E-state index is 12.9. The predicted molar refractivity (Wildman–Crippen MR) is 67.2 cm³/mol. The van der Waals surface area contributed by atoms with Crippen molar-refractivity contribution in [2.75, 3.05) is 12.8 Å². The summed E-state index contributed by atoms with van der Waals surface area (Å²) in [5.41, 5.74) is 5.68. The van der Waals surface area contributed by atoms with Gasteiger partial charge in [-0.15, -0.1) is 5.10 Å². The van der Waals surface area contributed by atoms with Gasteiger partial charge in [0.2, 0.25) is 0 Å². The molecule has 0 unspecified atom stereocenters. The van der Waals surface area contributed by atoms with Crippen molar-refractivity contribution in [3.05, 3.63) is 47.2 Å². The molecule has 20 heavy (non-hydrogen) atoms. The second-order valence-electron chi connectivity index (χ2n) is 4.13. The summed E-state index contributed by atoms with van der Waals surface area (Å²) in [6, 6.07) is 6.80. The minimum atomic E-state index is -4.40. The molecule has 0 spiro atoms. The van der Waals surface area contributed by atoms with Gasteiger partial charge in [-0.1, -0.05) is 18.2 Å². The summed E-state index contributed by atoms with van der Waals surface area (Å²) in [5, 5.41) is 7.51. The average Bonchev–Trinajstić information content (AvgIpc) is 2.38. The van der Waals surface area contributed by atoms with Crippen LogP contribution in [0.1, 0.15) is 16.8 Å². The molecule has 0 aliphatic rings. The van der Waals surface area contributed by atoms with Crippen LogP contribution >= 0.6 is 0 Å². The first kappa shape index (κ1) is 14.1. The molecule has 7 heteroatoms. The Labute approximate surface area is 113 Å². The predicted octanol–water partition coefficient (Wildman–Crippen LogP) is 2.68. The number of hydrogen-bond donors (Lipinski definition) is 1. The molecule has 1 aromatic carbocycles. The standard InChI is InChI=1S/C13H12F3N3O/c1-20-12-11(17)7-9(18-19-12)6-8-4-2-3-5-10(8)13(14,15)16/h2-5,7H,6H2,1H3,(H2,17,18). The first-order valence-corrected chi connectivity index (χ1v) is 5.73. The second kappa shape index (κ2) is 5.36. The Hall–Kier alpha value is -2.31. The van der Waals surface area contributed by atoms with E-state index in [4.69, 9.17) is 10.5 Å². The third kappa shape index (κ3) is 2.98. The summed E-state index contributed by atoms with van der Waals surface area (Å²) in [6.45, 7) is 0. The zero-order valence-corrected chi connectivity index (χ0v) is 10.6. The lowest BCUT2D eigenvalue weighted by Crippen LogP contribution is -2.10. The molecule has 2 N–H and O–H groups in total. The highest BCUT2D eigenvalue weighted by molar-refractivity contribution is 5.48. The molecule has 0 bridgehead atoms. The van der Waals surface area contributed by atoms with Crippen molar-refractivity contribution in [1.29, 1.82) is 0 Å². The van der Waals surface area contributed by atoms with Crippen LogP contribution in [0.25, 0.3) is 0 Å². The molecule has 2 aromatic rings. The summed E-state index contributed by atoms with van der Waals surface area (Å²) < 4.78 is 43.5. The molecule has 1 aromatic heterocycles. The lowest BCUT2D eigenvalue weighted by molar-refractivity contribution is -0.138. The number of anilines is 1. The van der Waals surface area contributed by atoms with E-state index in [0.717, 1.165) is 6.07 Å². The number of halogens is 3. The molecule has 0 radical (unpaired) electrons. The van der Waals surface area contributed by atoms with E-state index in [9.17, 15) is 13.2 Å². The van der Waals surface area contributed by atoms with Gasteiger partial charge in [-0.3, -0.25) is 0 Å². The van der Waals surface area contributed by atoms with Gasteiger partial charge in [0.05, 0.1) is 24.1 Å². The number of nitrogens with two attached hydrogens (primary N) is 1. The van der Waals surface area contributed by atoms with Crippen LogP contribution < -0.4 is 10.5 Å². The fraction of sp³-hybridized carbons (Fsp3) is 0.231. The van der Waals surface area contributed by atoms with Gasteiger partial charge in [-0.25, -0.2) is 0 Å². The quantitative estimate of drug-likeness (QED) is 0.940. The number of rotatable bonds is 3. The lowest BCUT2D eigenvalue weighted by atomic mass is 10.0. The minimum Gasteiger partial charge on any atom is -0.478 e. The van der Waals surface area contributed by atoms with E-state index in [0.29, 0.717) is 5.69 Å². The Kier molecular flexibility index (Phi) is 3.78. The number of methoxy groups -OCH3 is 1. The van der Waals surface area contributed by atoms with Gasteiger partial charge in [0.25, 0.3) is 5.88 Å². The van der Waals surface area contributed by atoms with Crippen molar-refractivity contribution in [2.45, 2.75) is 12.6 Å². The van der Waals surface area contributed by atoms with Gasteiger partial charge in [0, 0.05) is 6.42 Å². The Balaban J connectivity index is 2.33. The van der Waals surface area contributed by atoms with Crippen molar-refractivity contribution in [3.63, 3.8) is 0 Å². The fourth-order valence-electron chi connectivity index (χ4n) is 1.83. The van der Waals surface area contributed by atoms with Crippen LogP contribution in [0.3, 0.4) is 0 Å². The molecule has 0 amide bonds. The van der Waals surface area contributed by atoms with Crippen LogP contribution in [0.2, 0.25) is 0 Å². The monoisotopic (exact) mass is 283 g/mol. The normalized spacial score (nSPS) is 11.4. The molecule has 0 aliphatic carbocycles. The number of nitrogens with zero attached hydrogens (tertiary/aromatic N) is 2. The van der Waals surface area contributed by atoms with Gasteiger partial charge in [-0.2, -0.15) is 18.3 Å². The van der Waals surface area contributed by atoms with Gasteiger partial charge in [0.15, 0.2) is 0 Å². The van der Waals surface area contributed by atoms with E-state index in [-0.39, 0.29) is 23.6 Å². The lowest BCUT2D eigenvalue weighted by Gasteiger charge is -2.12. The zero-order chi connectivity index (χ0) is 14.8. The molecular formula is C13H12F3N3O. The smallest absolute Gasteiger partial charge is 0.416 e. The highest BCUT2D eigenvalue weighted by Gasteiger charge is 2.32. The van der Waals surface area contributed by atoms with E-state index in [1.54, 1.807) is 6.07 Å². The van der Waals surface area contributed by atoms with Crippen LogP contribution in [-0.4, -0.2) is 17.3 Å². The maximum absolute atomic E-state index is 12.9. The molecule has 0 fully saturated rings. The fourth-order valence-corrected chi connectivity index (χ4v) is 1.83. The second-order valence-corrected chi connectivity index (χ2v) is 4.13. The van der Waals surface area contributed by atoms with Crippen molar-refractivity contribution < 1.29 is 17.9 Å². The van der Waals surface area contributed by atoms with E-state index in [2.05, 4.69) is 10.2 Å². The number of hydrogen-bond acceptors (Lipinski definition) is 4. The van der Waals surface area contributed by atoms with E-state index >= 15 is 0 Å². The number of ether oxygens (including phenoxy) is 1. The van der Waals surface area contributed by atoms with Gasteiger partial charge < -0.3 is 10.5 Å². The average molecular weight is 283 g/mol. The van der Waals surface area contributed by atoms with E-state index in [1.807, 2.05) is 0 Å². The highest BCUT2D eigenvalue weighted by atomic mass is 19.4. The first-order chi connectivity index (χ1) is 9.41. The van der Waals surface area contributed by atoms with Crippen LogP contribution in [0.15, 0.2) is 30.3 Å². The van der Waals surface area contributed by atoms with Crippen molar-refractivity contribution in [3.8, 4) is 5.88 Å². The summed E-state index contributed by atoms with van der Waals surface area (Å²) in [7, 11) is 1.39. The Morgan fingerprint density at radius 2 is 1.90 bits per heavy atom.